The summed E-state index contributed by atoms with van der Waals surface area (Å²) in [5, 5.41) is 2.79. The molecule has 3 fully saturated rings. The van der Waals surface area contributed by atoms with Crippen LogP contribution in [0.3, 0.4) is 0 Å². The molecule has 0 radical (unpaired) electrons. The summed E-state index contributed by atoms with van der Waals surface area (Å²) in [6, 6.07) is 5.90. The third-order valence-corrected chi connectivity index (χ3v) is 7.17. The minimum absolute atomic E-state index is 0.0590. The molecule has 6 nitrogen and oxygen atoms in total. The van der Waals surface area contributed by atoms with Crippen LogP contribution in [0.2, 0.25) is 0 Å². The van der Waals surface area contributed by atoms with Crippen LogP contribution in [0.5, 0.6) is 5.75 Å². The number of ether oxygens (including phenoxy) is 1. The molecular formula is C24H31N3O3. The first kappa shape index (κ1) is 19.6. The minimum atomic E-state index is -0.418. The summed E-state index contributed by atoms with van der Waals surface area (Å²) in [5.41, 5.74) is 2.39. The largest absolute Gasteiger partial charge is 0.489 e. The minimum Gasteiger partial charge on any atom is -0.489 e. The van der Waals surface area contributed by atoms with Crippen LogP contribution in [0, 0.1) is 0 Å². The van der Waals surface area contributed by atoms with Crippen molar-refractivity contribution in [3.63, 3.8) is 0 Å². The maximum Gasteiger partial charge on any atom is 0.255 e. The molecule has 0 spiro atoms. The van der Waals surface area contributed by atoms with Crippen LogP contribution in [-0.2, 0) is 11.3 Å². The van der Waals surface area contributed by atoms with E-state index in [1.807, 2.05) is 18.2 Å². The van der Waals surface area contributed by atoms with E-state index in [1.54, 1.807) is 4.90 Å². The van der Waals surface area contributed by atoms with Crippen molar-refractivity contribution in [2.24, 2.45) is 0 Å². The number of benzene rings is 1. The van der Waals surface area contributed by atoms with Gasteiger partial charge in [-0.15, -0.1) is 0 Å². The molecule has 5 rings (SSSR count). The van der Waals surface area contributed by atoms with Gasteiger partial charge in [0.15, 0.2) is 0 Å². The van der Waals surface area contributed by atoms with Gasteiger partial charge in [0.25, 0.3) is 5.91 Å². The van der Waals surface area contributed by atoms with E-state index < -0.39 is 6.04 Å². The number of carbonyl (C=O) groups excluding carboxylic acids is 2. The van der Waals surface area contributed by atoms with Crippen LogP contribution in [0.25, 0.3) is 0 Å². The van der Waals surface area contributed by atoms with E-state index in [9.17, 15) is 9.59 Å². The van der Waals surface area contributed by atoms with E-state index in [0.717, 1.165) is 23.4 Å². The molecule has 3 atom stereocenters. The van der Waals surface area contributed by atoms with Gasteiger partial charge in [-0.2, -0.15) is 0 Å². The van der Waals surface area contributed by atoms with E-state index >= 15 is 0 Å². The second-order valence-electron chi connectivity index (χ2n) is 9.15. The van der Waals surface area contributed by atoms with Crippen LogP contribution < -0.4 is 10.1 Å². The standard InChI is InChI=1S/C24H31N3O3/c1-16-8-11-21(23(28)25-16)27-15-17-14-18(9-10-19(17)24(27)29)30-22-7-5-6-20(22)26-12-3-2-4-13-26/h9-10,14,20-22H,1-8,11-13,15H2,(H,25,28)/t20-,21?,22-/m1/s1. The molecule has 0 aromatic heterocycles. The summed E-state index contributed by atoms with van der Waals surface area (Å²) < 4.78 is 6.46. The number of hydrogen-bond acceptors (Lipinski definition) is 4. The first-order valence-corrected chi connectivity index (χ1v) is 11.4. The fraction of sp³-hybridized carbons (Fsp3) is 0.583. The van der Waals surface area contributed by atoms with Gasteiger partial charge in [-0.1, -0.05) is 13.0 Å². The Morgan fingerprint density at radius 2 is 1.87 bits per heavy atom. The van der Waals surface area contributed by atoms with Gasteiger partial charge in [-0.3, -0.25) is 14.5 Å². The van der Waals surface area contributed by atoms with Gasteiger partial charge in [-0.05, 0) is 81.8 Å². The average Bonchev–Trinajstić information content (AvgIpc) is 3.33. The van der Waals surface area contributed by atoms with Crippen molar-refractivity contribution < 1.29 is 14.3 Å². The Bertz CT molecular complexity index is 861. The molecule has 2 amide bonds. The predicted molar refractivity (Wildman–Crippen MR) is 114 cm³/mol. The Morgan fingerprint density at radius 3 is 2.67 bits per heavy atom. The lowest BCUT2D eigenvalue weighted by Gasteiger charge is -2.35. The van der Waals surface area contributed by atoms with Crippen molar-refractivity contribution >= 4 is 11.8 Å². The fourth-order valence-corrected chi connectivity index (χ4v) is 5.59. The van der Waals surface area contributed by atoms with E-state index in [2.05, 4.69) is 16.8 Å². The SMILES string of the molecule is C=C1CCC(N2Cc3cc(O[C@@H]4CCC[C@H]4N4CCCCC4)ccc3C2=O)C(=O)N1. The highest BCUT2D eigenvalue weighted by atomic mass is 16.5. The number of amides is 2. The number of likely N-dealkylation sites (tertiary alicyclic amines) is 1. The van der Waals surface area contributed by atoms with Crippen molar-refractivity contribution in [1.82, 2.24) is 15.1 Å². The quantitative estimate of drug-likeness (QED) is 0.830. The van der Waals surface area contributed by atoms with Gasteiger partial charge in [0, 0.05) is 23.8 Å². The van der Waals surface area contributed by atoms with Crippen LogP contribution in [-0.4, -0.2) is 52.9 Å². The van der Waals surface area contributed by atoms with Crippen LogP contribution >= 0.6 is 0 Å². The number of allylic oxidation sites excluding steroid dienone is 1. The smallest absolute Gasteiger partial charge is 0.255 e. The normalized spacial score (nSPS) is 29.8. The first-order chi connectivity index (χ1) is 14.6. The average molecular weight is 410 g/mol. The number of fused-ring (bicyclic) bond motifs is 1. The number of piperidine rings is 2. The summed E-state index contributed by atoms with van der Waals surface area (Å²) in [5.74, 6) is 0.661. The lowest BCUT2D eigenvalue weighted by molar-refractivity contribution is -0.126. The molecule has 4 aliphatic rings. The first-order valence-electron chi connectivity index (χ1n) is 11.4. The zero-order valence-electron chi connectivity index (χ0n) is 17.6. The fourth-order valence-electron chi connectivity index (χ4n) is 5.59. The molecule has 1 aliphatic carbocycles. The zero-order valence-corrected chi connectivity index (χ0v) is 17.6. The highest BCUT2D eigenvalue weighted by Gasteiger charge is 2.39. The Labute approximate surface area is 178 Å². The van der Waals surface area contributed by atoms with Crippen molar-refractivity contribution in [3.05, 3.63) is 41.6 Å². The van der Waals surface area contributed by atoms with E-state index in [4.69, 9.17) is 4.74 Å². The molecular weight excluding hydrogens is 378 g/mol. The summed E-state index contributed by atoms with van der Waals surface area (Å²) in [4.78, 5) is 29.6. The second-order valence-corrected chi connectivity index (χ2v) is 9.15. The van der Waals surface area contributed by atoms with E-state index in [0.29, 0.717) is 31.0 Å². The summed E-state index contributed by atoms with van der Waals surface area (Å²) >= 11 is 0. The molecule has 1 unspecified atom stereocenters. The van der Waals surface area contributed by atoms with Gasteiger partial charge in [0.1, 0.15) is 17.9 Å². The molecule has 30 heavy (non-hydrogen) atoms. The Morgan fingerprint density at radius 1 is 1.03 bits per heavy atom. The Balaban J connectivity index is 1.28. The van der Waals surface area contributed by atoms with Crippen molar-refractivity contribution in [1.29, 1.82) is 0 Å². The maximum absolute atomic E-state index is 12.9. The molecule has 1 N–H and O–H groups in total. The van der Waals surface area contributed by atoms with Crippen LogP contribution in [0.4, 0.5) is 0 Å². The van der Waals surface area contributed by atoms with Gasteiger partial charge < -0.3 is 15.0 Å². The number of rotatable bonds is 4. The lowest BCUT2D eigenvalue weighted by atomic mass is 10.0. The summed E-state index contributed by atoms with van der Waals surface area (Å²) in [6.07, 6.45) is 9.02. The second kappa shape index (κ2) is 8.06. The number of carbonyl (C=O) groups is 2. The third-order valence-electron chi connectivity index (χ3n) is 7.17. The molecule has 3 heterocycles. The predicted octanol–water partition coefficient (Wildman–Crippen LogP) is 3.22. The number of nitrogens with zero attached hydrogens (tertiary/aromatic N) is 2. The van der Waals surface area contributed by atoms with E-state index in [1.165, 1.54) is 45.2 Å². The zero-order chi connectivity index (χ0) is 20.7. The van der Waals surface area contributed by atoms with E-state index in [-0.39, 0.29) is 17.9 Å². The third kappa shape index (κ3) is 3.62. The molecule has 6 heteroatoms. The monoisotopic (exact) mass is 409 g/mol. The van der Waals surface area contributed by atoms with Gasteiger partial charge in [-0.25, -0.2) is 0 Å². The van der Waals surface area contributed by atoms with Gasteiger partial charge in [0.2, 0.25) is 5.91 Å². The lowest BCUT2D eigenvalue weighted by Crippen LogP contribution is -2.49. The Kier molecular flexibility index (Phi) is 5.27. The molecule has 1 aromatic carbocycles. The van der Waals surface area contributed by atoms with Crippen LogP contribution in [0.1, 0.15) is 67.3 Å². The maximum atomic E-state index is 12.9. The highest BCUT2D eigenvalue weighted by Crippen LogP contribution is 2.34. The molecule has 3 aliphatic heterocycles. The number of hydrogen-bond donors (Lipinski definition) is 1. The molecule has 2 saturated heterocycles. The Hall–Kier alpha value is -2.34. The van der Waals surface area contributed by atoms with Crippen molar-refractivity contribution in [2.45, 2.75) is 76.1 Å². The molecule has 1 saturated carbocycles. The van der Waals surface area contributed by atoms with Gasteiger partial charge in [0.05, 0.1) is 0 Å². The molecule has 160 valence electrons. The summed E-state index contributed by atoms with van der Waals surface area (Å²) in [7, 11) is 0. The molecule has 0 bridgehead atoms. The molecule has 1 aromatic rings. The van der Waals surface area contributed by atoms with Crippen LogP contribution in [0.15, 0.2) is 30.5 Å². The van der Waals surface area contributed by atoms with Gasteiger partial charge >= 0.3 is 0 Å². The van der Waals surface area contributed by atoms with Crippen molar-refractivity contribution in [2.75, 3.05) is 13.1 Å². The summed E-state index contributed by atoms with van der Waals surface area (Å²) in [6.45, 7) is 6.67. The van der Waals surface area contributed by atoms with Crippen molar-refractivity contribution in [3.8, 4) is 5.75 Å². The highest BCUT2D eigenvalue weighted by molar-refractivity contribution is 6.01. The number of nitrogens with one attached hydrogen (secondary N) is 1. The topological polar surface area (TPSA) is 61.9 Å².